The van der Waals surface area contributed by atoms with Gasteiger partial charge in [0.1, 0.15) is 0 Å². The number of thioether (sulfide) groups is 1. The van der Waals surface area contributed by atoms with E-state index in [1.807, 2.05) is 17.8 Å². The summed E-state index contributed by atoms with van der Waals surface area (Å²) in [5.41, 5.74) is 0. The minimum Gasteiger partial charge on any atom is -0.379 e. The number of hydrogen-bond donors (Lipinski definition) is 2. The molecule has 0 atom stereocenters. The van der Waals surface area contributed by atoms with Gasteiger partial charge in [0.05, 0.1) is 6.10 Å². The van der Waals surface area contributed by atoms with Crippen molar-refractivity contribution in [1.82, 2.24) is 10.6 Å². The van der Waals surface area contributed by atoms with Gasteiger partial charge in [-0.1, -0.05) is 18.2 Å². The smallest absolute Gasteiger partial charge is 0.191 e. The van der Waals surface area contributed by atoms with E-state index in [-0.39, 0.29) is 0 Å². The molecule has 0 aliphatic carbocycles. The Bertz CT molecular complexity index is 396. The zero-order chi connectivity index (χ0) is 15.3. The Morgan fingerprint density at radius 3 is 2.57 bits per heavy atom. The number of guanidine groups is 1. The van der Waals surface area contributed by atoms with E-state index in [4.69, 9.17) is 4.74 Å². The summed E-state index contributed by atoms with van der Waals surface area (Å²) in [5, 5.41) is 6.61. The van der Waals surface area contributed by atoms with Crippen molar-refractivity contribution < 1.29 is 4.74 Å². The molecule has 0 saturated carbocycles. The van der Waals surface area contributed by atoms with Crippen molar-refractivity contribution >= 4 is 17.7 Å². The molecule has 0 fully saturated rings. The maximum atomic E-state index is 5.50. The number of benzene rings is 1. The lowest BCUT2D eigenvalue weighted by Crippen LogP contribution is -2.39. The van der Waals surface area contributed by atoms with E-state index < -0.39 is 0 Å². The molecule has 4 nitrogen and oxygen atoms in total. The van der Waals surface area contributed by atoms with Gasteiger partial charge in [-0.3, -0.25) is 4.99 Å². The van der Waals surface area contributed by atoms with Crippen LogP contribution in [0.15, 0.2) is 40.2 Å². The highest BCUT2D eigenvalue weighted by molar-refractivity contribution is 7.99. The first-order valence-electron chi connectivity index (χ1n) is 7.46. The lowest BCUT2D eigenvalue weighted by Gasteiger charge is -2.12. The van der Waals surface area contributed by atoms with E-state index in [9.17, 15) is 0 Å². The normalized spacial score (nSPS) is 11.7. The van der Waals surface area contributed by atoms with Gasteiger partial charge < -0.3 is 15.4 Å². The number of aliphatic imine (C=N–C) groups is 1. The topological polar surface area (TPSA) is 45.7 Å². The maximum Gasteiger partial charge on any atom is 0.191 e. The largest absolute Gasteiger partial charge is 0.379 e. The number of nitrogens with zero attached hydrogens (tertiary/aromatic N) is 1. The molecule has 0 unspecified atom stereocenters. The first kappa shape index (κ1) is 17.9. The van der Waals surface area contributed by atoms with Crippen LogP contribution in [0.25, 0.3) is 0 Å². The zero-order valence-corrected chi connectivity index (χ0v) is 14.1. The third-order valence-electron chi connectivity index (χ3n) is 2.69. The minimum absolute atomic E-state index is 0.303. The van der Waals surface area contributed by atoms with Crippen LogP contribution in [0.3, 0.4) is 0 Å². The van der Waals surface area contributed by atoms with Crippen molar-refractivity contribution in [2.24, 2.45) is 4.99 Å². The standard InChI is InChI=1S/C16H27N3OS/c1-14(2)20-12-7-10-18-16(17-3)19-11-13-21-15-8-5-4-6-9-15/h4-6,8-9,14H,7,10-13H2,1-3H3,(H2,17,18,19). The van der Waals surface area contributed by atoms with Gasteiger partial charge in [-0.2, -0.15) is 0 Å². The van der Waals surface area contributed by atoms with Gasteiger partial charge in [0.2, 0.25) is 0 Å². The quantitative estimate of drug-likeness (QED) is 0.319. The second kappa shape index (κ2) is 11.5. The summed E-state index contributed by atoms with van der Waals surface area (Å²) in [5.74, 6) is 1.87. The minimum atomic E-state index is 0.303. The molecule has 0 aliphatic rings. The van der Waals surface area contributed by atoms with Gasteiger partial charge in [0, 0.05) is 37.4 Å². The second-order valence-corrected chi connectivity index (χ2v) is 6.03. The molecule has 0 spiro atoms. The average molecular weight is 309 g/mol. The number of hydrogen-bond acceptors (Lipinski definition) is 3. The number of rotatable bonds is 9. The van der Waals surface area contributed by atoms with Gasteiger partial charge >= 0.3 is 0 Å². The highest BCUT2D eigenvalue weighted by atomic mass is 32.2. The van der Waals surface area contributed by atoms with Crippen LogP contribution >= 0.6 is 11.8 Å². The molecule has 1 rings (SSSR count). The Kier molecular flexibility index (Phi) is 9.74. The molecule has 1 aromatic rings. The average Bonchev–Trinajstić information content (AvgIpc) is 2.49. The van der Waals surface area contributed by atoms with E-state index in [0.29, 0.717) is 6.10 Å². The molecule has 5 heteroatoms. The lowest BCUT2D eigenvalue weighted by atomic mass is 10.4. The van der Waals surface area contributed by atoms with Crippen molar-refractivity contribution in [3.05, 3.63) is 30.3 Å². The van der Waals surface area contributed by atoms with E-state index in [0.717, 1.165) is 37.8 Å². The second-order valence-electron chi connectivity index (χ2n) is 4.86. The molecule has 0 aliphatic heterocycles. The fourth-order valence-corrected chi connectivity index (χ4v) is 2.46. The van der Waals surface area contributed by atoms with Crippen molar-refractivity contribution in [2.45, 2.75) is 31.3 Å². The Labute approximate surface area is 132 Å². The van der Waals surface area contributed by atoms with Crippen molar-refractivity contribution in [3.8, 4) is 0 Å². The molecule has 0 radical (unpaired) electrons. The summed E-state index contributed by atoms with van der Waals surface area (Å²) >= 11 is 1.84. The molecular formula is C16H27N3OS. The predicted octanol–water partition coefficient (Wildman–Crippen LogP) is 2.76. The van der Waals surface area contributed by atoms with Crippen LogP contribution in [-0.4, -0.2) is 44.6 Å². The summed E-state index contributed by atoms with van der Waals surface area (Å²) in [7, 11) is 1.80. The van der Waals surface area contributed by atoms with Crippen molar-refractivity contribution in [2.75, 3.05) is 32.5 Å². The molecule has 21 heavy (non-hydrogen) atoms. The summed E-state index contributed by atoms with van der Waals surface area (Å²) in [6.07, 6.45) is 1.29. The fourth-order valence-electron chi connectivity index (χ4n) is 1.67. The molecule has 2 N–H and O–H groups in total. The van der Waals surface area contributed by atoms with Gasteiger partial charge in [0.25, 0.3) is 0 Å². The van der Waals surface area contributed by atoms with Crippen LogP contribution in [0, 0.1) is 0 Å². The Hall–Kier alpha value is -1.20. The third-order valence-corrected chi connectivity index (χ3v) is 3.71. The Morgan fingerprint density at radius 1 is 1.19 bits per heavy atom. The summed E-state index contributed by atoms with van der Waals surface area (Å²) in [6, 6.07) is 10.4. The summed E-state index contributed by atoms with van der Waals surface area (Å²) in [6.45, 7) is 6.65. The molecular weight excluding hydrogens is 282 g/mol. The van der Waals surface area contributed by atoms with Crippen LogP contribution in [-0.2, 0) is 4.74 Å². The van der Waals surface area contributed by atoms with Crippen LogP contribution < -0.4 is 10.6 Å². The Balaban J connectivity index is 2.06. The van der Waals surface area contributed by atoms with E-state index in [2.05, 4.69) is 53.7 Å². The molecule has 0 bridgehead atoms. The molecule has 1 aromatic carbocycles. The van der Waals surface area contributed by atoms with Gasteiger partial charge in [-0.25, -0.2) is 0 Å². The summed E-state index contributed by atoms with van der Waals surface area (Å²) < 4.78 is 5.50. The fraction of sp³-hybridized carbons (Fsp3) is 0.562. The molecule has 0 amide bonds. The third kappa shape index (κ3) is 9.37. The number of nitrogens with one attached hydrogen (secondary N) is 2. The monoisotopic (exact) mass is 309 g/mol. The molecule has 0 saturated heterocycles. The van der Waals surface area contributed by atoms with Gasteiger partial charge in [0.15, 0.2) is 5.96 Å². The van der Waals surface area contributed by atoms with E-state index >= 15 is 0 Å². The maximum absolute atomic E-state index is 5.50. The Morgan fingerprint density at radius 2 is 1.90 bits per heavy atom. The zero-order valence-electron chi connectivity index (χ0n) is 13.3. The first-order chi connectivity index (χ1) is 10.2. The number of ether oxygens (including phenoxy) is 1. The van der Waals surface area contributed by atoms with Crippen molar-refractivity contribution in [3.63, 3.8) is 0 Å². The SMILES string of the molecule is CN=C(NCCCOC(C)C)NCCSc1ccccc1. The van der Waals surface area contributed by atoms with Crippen LogP contribution in [0.2, 0.25) is 0 Å². The van der Waals surface area contributed by atoms with E-state index in [1.54, 1.807) is 7.05 Å². The first-order valence-corrected chi connectivity index (χ1v) is 8.45. The molecule has 0 aromatic heterocycles. The van der Waals surface area contributed by atoms with E-state index in [1.165, 1.54) is 4.90 Å². The highest BCUT2D eigenvalue weighted by Crippen LogP contribution is 2.15. The van der Waals surface area contributed by atoms with Crippen LogP contribution in [0.5, 0.6) is 0 Å². The van der Waals surface area contributed by atoms with Crippen molar-refractivity contribution in [1.29, 1.82) is 0 Å². The molecule has 118 valence electrons. The van der Waals surface area contributed by atoms with Crippen LogP contribution in [0.1, 0.15) is 20.3 Å². The van der Waals surface area contributed by atoms with Gasteiger partial charge in [-0.05, 0) is 32.4 Å². The predicted molar refractivity (Wildman–Crippen MR) is 92.2 cm³/mol. The molecule has 0 heterocycles. The highest BCUT2D eigenvalue weighted by Gasteiger charge is 1.98. The van der Waals surface area contributed by atoms with Gasteiger partial charge in [-0.15, -0.1) is 11.8 Å². The van der Waals surface area contributed by atoms with Crippen LogP contribution in [0.4, 0.5) is 0 Å². The summed E-state index contributed by atoms with van der Waals surface area (Å²) in [4.78, 5) is 5.51. The lowest BCUT2D eigenvalue weighted by molar-refractivity contribution is 0.0776.